The van der Waals surface area contributed by atoms with E-state index in [1.165, 1.54) is 31.5 Å². The Kier molecular flexibility index (Phi) is 3.09. The molecule has 0 radical (unpaired) electrons. The van der Waals surface area contributed by atoms with Gasteiger partial charge in [0.2, 0.25) is 0 Å². The van der Waals surface area contributed by atoms with E-state index in [9.17, 15) is 4.39 Å². The van der Waals surface area contributed by atoms with Crippen molar-refractivity contribution in [1.82, 2.24) is 14.8 Å². The van der Waals surface area contributed by atoms with E-state index in [4.69, 9.17) is 0 Å². The Morgan fingerprint density at radius 2 is 2.11 bits per heavy atom. The maximum atomic E-state index is 13.4. The molecule has 0 saturated heterocycles. The lowest BCUT2D eigenvalue weighted by Crippen LogP contribution is -2.14. The third-order valence-corrected chi connectivity index (χ3v) is 3.84. The van der Waals surface area contributed by atoms with Crippen LogP contribution in [0.2, 0.25) is 0 Å². The highest BCUT2D eigenvalue weighted by Gasteiger charge is 2.21. The number of hydrogen-bond donors (Lipinski definition) is 0. The number of hydrogen-bond acceptors (Lipinski definition) is 2. The van der Waals surface area contributed by atoms with Crippen LogP contribution in [-0.2, 0) is 0 Å². The highest BCUT2D eigenvalue weighted by Crippen LogP contribution is 2.32. The lowest BCUT2D eigenvalue weighted by Gasteiger charge is -2.22. The number of fused-ring (bicyclic) bond motifs is 1. The molecule has 2 aromatic heterocycles. The Morgan fingerprint density at radius 3 is 2.79 bits per heavy atom. The Balaban J connectivity index is 2.16. The molecular weight excluding hydrogens is 241 g/mol. The number of aromatic nitrogens is 3. The maximum Gasteiger partial charge on any atom is 0.158 e. The second-order valence-electron chi connectivity index (χ2n) is 5.39. The number of nitrogens with zero attached hydrogens (tertiary/aromatic N) is 3. The van der Waals surface area contributed by atoms with Crippen molar-refractivity contribution in [2.24, 2.45) is 0 Å². The summed E-state index contributed by atoms with van der Waals surface area (Å²) in [5.74, 6) is -0.321. The van der Waals surface area contributed by atoms with E-state index in [1.54, 1.807) is 0 Å². The van der Waals surface area contributed by atoms with Crippen LogP contribution in [-0.4, -0.2) is 14.8 Å². The summed E-state index contributed by atoms with van der Waals surface area (Å²) in [4.78, 5) is 4.24. The zero-order chi connectivity index (χ0) is 13.4. The molecule has 100 valence electrons. The van der Waals surface area contributed by atoms with Gasteiger partial charge in [0, 0.05) is 5.39 Å². The van der Waals surface area contributed by atoms with Crippen LogP contribution < -0.4 is 0 Å². The van der Waals surface area contributed by atoms with Gasteiger partial charge in [0.1, 0.15) is 5.82 Å². The van der Waals surface area contributed by atoms with Crippen LogP contribution in [0.4, 0.5) is 4.39 Å². The normalized spacial score (nSPS) is 16.9. The van der Waals surface area contributed by atoms with Crippen LogP contribution in [0.15, 0.2) is 18.8 Å². The van der Waals surface area contributed by atoms with Gasteiger partial charge in [-0.15, -0.1) is 0 Å². The highest BCUT2D eigenvalue weighted by molar-refractivity contribution is 5.87. The fourth-order valence-electron chi connectivity index (χ4n) is 2.89. The van der Waals surface area contributed by atoms with Crippen LogP contribution in [0.5, 0.6) is 0 Å². The molecule has 0 N–H and O–H groups in total. The quantitative estimate of drug-likeness (QED) is 0.812. The molecule has 0 aliphatic heterocycles. The first kappa shape index (κ1) is 12.3. The summed E-state index contributed by atoms with van der Waals surface area (Å²) in [7, 11) is 0. The van der Waals surface area contributed by atoms with Crippen LogP contribution in [0.25, 0.3) is 16.6 Å². The van der Waals surface area contributed by atoms with Crippen molar-refractivity contribution in [2.75, 3.05) is 0 Å². The van der Waals surface area contributed by atoms with E-state index in [1.807, 2.05) is 11.6 Å². The predicted molar refractivity (Wildman–Crippen MR) is 74.3 cm³/mol. The first-order chi connectivity index (χ1) is 9.16. The largest absolute Gasteiger partial charge is 0.244 e. The standard InChI is InChI=1S/C15H18FN3/c1-10(2)14-13-8-11(16)9-17-15(13)19(18-14)12-6-4-3-5-7-12/h8-9,12H,1,3-7H2,2H3. The molecule has 0 bridgehead atoms. The van der Waals surface area contributed by atoms with E-state index in [-0.39, 0.29) is 5.82 Å². The Bertz CT molecular complexity index is 624. The minimum atomic E-state index is -0.321. The first-order valence-corrected chi connectivity index (χ1v) is 6.86. The third kappa shape index (κ3) is 2.15. The Hall–Kier alpha value is -1.71. The second kappa shape index (κ2) is 4.76. The summed E-state index contributed by atoms with van der Waals surface area (Å²) in [6.07, 6.45) is 7.29. The van der Waals surface area contributed by atoms with E-state index in [0.29, 0.717) is 6.04 Å². The predicted octanol–water partition coefficient (Wildman–Crippen LogP) is 4.11. The molecule has 2 heterocycles. The number of rotatable bonds is 2. The third-order valence-electron chi connectivity index (χ3n) is 3.84. The average Bonchev–Trinajstić information content (AvgIpc) is 2.78. The van der Waals surface area contributed by atoms with E-state index in [0.717, 1.165) is 35.1 Å². The molecule has 1 saturated carbocycles. The molecule has 2 aromatic rings. The van der Waals surface area contributed by atoms with Crippen LogP contribution >= 0.6 is 0 Å². The Labute approximate surface area is 112 Å². The highest BCUT2D eigenvalue weighted by atomic mass is 19.1. The maximum absolute atomic E-state index is 13.4. The molecule has 19 heavy (non-hydrogen) atoms. The van der Waals surface area contributed by atoms with Crippen LogP contribution in [0, 0.1) is 5.82 Å². The van der Waals surface area contributed by atoms with Gasteiger partial charge in [0.15, 0.2) is 5.65 Å². The van der Waals surface area contributed by atoms with E-state index >= 15 is 0 Å². The van der Waals surface area contributed by atoms with Gasteiger partial charge in [-0.3, -0.25) is 0 Å². The summed E-state index contributed by atoms with van der Waals surface area (Å²) in [6.45, 7) is 5.84. The summed E-state index contributed by atoms with van der Waals surface area (Å²) in [6, 6.07) is 1.90. The summed E-state index contributed by atoms with van der Waals surface area (Å²) >= 11 is 0. The monoisotopic (exact) mass is 259 g/mol. The molecule has 0 amide bonds. The molecule has 1 aliphatic carbocycles. The number of halogens is 1. The minimum absolute atomic E-state index is 0.321. The smallest absolute Gasteiger partial charge is 0.158 e. The van der Waals surface area contributed by atoms with Gasteiger partial charge in [0.25, 0.3) is 0 Å². The molecular formula is C15H18FN3. The van der Waals surface area contributed by atoms with Crippen molar-refractivity contribution in [3.63, 3.8) is 0 Å². The lowest BCUT2D eigenvalue weighted by molar-refractivity contribution is 0.335. The van der Waals surface area contributed by atoms with Gasteiger partial charge in [-0.05, 0) is 31.4 Å². The molecule has 3 rings (SSSR count). The SMILES string of the molecule is C=C(C)c1nn(C2CCCCC2)c2ncc(F)cc12. The molecule has 0 atom stereocenters. The van der Waals surface area contributed by atoms with Crippen molar-refractivity contribution in [1.29, 1.82) is 0 Å². The molecule has 4 heteroatoms. The summed E-state index contributed by atoms with van der Waals surface area (Å²) in [5.41, 5.74) is 2.41. The number of allylic oxidation sites excluding steroid dienone is 1. The topological polar surface area (TPSA) is 30.7 Å². The van der Waals surface area contributed by atoms with Gasteiger partial charge in [-0.25, -0.2) is 14.1 Å². The van der Waals surface area contributed by atoms with E-state index in [2.05, 4.69) is 16.7 Å². The molecule has 3 nitrogen and oxygen atoms in total. The summed E-state index contributed by atoms with van der Waals surface area (Å²) < 4.78 is 15.4. The van der Waals surface area contributed by atoms with Crippen molar-refractivity contribution in [3.05, 3.63) is 30.4 Å². The van der Waals surface area contributed by atoms with Crippen molar-refractivity contribution >= 4 is 16.6 Å². The van der Waals surface area contributed by atoms with Crippen LogP contribution in [0.3, 0.4) is 0 Å². The minimum Gasteiger partial charge on any atom is -0.244 e. The summed E-state index contributed by atoms with van der Waals surface area (Å²) in [5, 5.41) is 5.42. The zero-order valence-electron chi connectivity index (χ0n) is 11.2. The average molecular weight is 259 g/mol. The van der Waals surface area contributed by atoms with Gasteiger partial charge in [-0.2, -0.15) is 5.10 Å². The second-order valence-corrected chi connectivity index (χ2v) is 5.39. The molecule has 0 unspecified atom stereocenters. The van der Waals surface area contributed by atoms with Crippen molar-refractivity contribution in [3.8, 4) is 0 Å². The van der Waals surface area contributed by atoms with Crippen LogP contribution in [0.1, 0.15) is 50.8 Å². The molecule has 1 aliphatic rings. The zero-order valence-corrected chi connectivity index (χ0v) is 11.2. The van der Waals surface area contributed by atoms with E-state index < -0.39 is 0 Å². The molecule has 0 aromatic carbocycles. The fraction of sp³-hybridized carbons (Fsp3) is 0.467. The Morgan fingerprint density at radius 1 is 1.37 bits per heavy atom. The number of pyridine rings is 1. The van der Waals surface area contributed by atoms with Gasteiger partial charge in [0.05, 0.1) is 17.9 Å². The van der Waals surface area contributed by atoms with Gasteiger partial charge < -0.3 is 0 Å². The van der Waals surface area contributed by atoms with Gasteiger partial charge >= 0.3 is 0 Å². The first-order valence-electron chi connectivity index (χ1n) is 6.86. The molecule has 0 spiro atoms. The molecule has 1 fully saturated rings. The van der Waals surface area contributed by atoms with Gasteiger partial charge in [-0.1, -0.05) is 25.8 Å². The van der Waals surface area contributed by atoms with Crippen molar-refractivity contribution < 1.29 is 4.39 Å². The lowest BCUT2D eigenvalue weighted by atomic mass is 9.96. The van der Waals surface area contributed by atoms with Crippen molar-refractivity contribution in [2.45, 2.75) is 45.1 Å². The fourth-order valence-corrected chi connectivity index (χ4v) is 2.89.